The molecule has 0 saturated heterocycles. The maximum Gasteiger partial charge on any atom is 0.316 e. The van der Waals surface area contributed by atoms with Crippen molar-refractivity contribution in [2.45, 2.75) is 19.1 Å². The number of carbonyl (C=O) groups excluding carboxylic acids is 1. The van der Waals surface area contributed by atoms with E-state index in [0.29, 0.717) is 11.3 Å². The summed E-state index contributed by atoms with van der Waals surface area (Å²) in [5, 5.41) is 19.8. The maximum absolute atomic E-state index is 11.7. The molecular formula is C14H16N2O3S. The molecule has 1 unspecified atom stereocenters. The number of aliphatic carboxylic acids is 1. The highest BCUT2D eigenvalue weighted by molar-refractivity contribution is 8.01. The Labute approximate surface area is 122 Å². The van der Waals surface area contributed by atoms with Gasteiger partial charge in [-0.05, 0) is 30.2 Å². The number of anilines is 1. The molecule has 0 bridgehead atoms. The number of nitriles is 1. The summed E-state index contributed by atoms with van der Waals surface area (Å²) < 4.78 is 0. The van der Waals surface area contributed by atoms with E-state index in [1.54, 1.807) is 24.3 Å². The molecule has 20 heavy (non-hydrogen) atoms. The van der Waals surface area contributed by atoms with Gasteiger partial charge in [0.05, 0.1) is 17.4 Å². The minimum atomic E-state index is -0.906. The summed E-state index contributed by atoms with van der Waals surface area (Å²) in [5.41, 5.74) is 1.11. The molecule has 0 saturated carbocycles. The number of carboxylic acid groups (broad SMARTS) is 1. The van der Waals surface area contributed by atoms with E-state index in [1.807, 2.05) is 19.9 Å². The van der Waals surface area contributed by atoms with Crippen molar-refractivity contribution in [1.82, 2.24) is 0 Å². The fourth-order valence-electron chi connectivity index (χ4n) is 1.54. The monoisotopic (exact) mass is 292 g/mol. The molecule has 1 rings (SSSR count). The summed E-state index contributed by atoms with van der Waals surface area (Å²) in [5.74, 6) is -1.13. The molecule has 0 aliphatic heterocycles. The number of carbonyl (C=O) groups is 2. The SMILES string of the molecule is CC(C)C(SCC(=O)Nc1ccc(C#N)cc1)C(=O)O. The van der Waals surface area contributed by atoms with Gasteiger partial charge in [0.15, 0.2) is 0 Å². The Morgan fingerprint density at radius 3 is 2.40 bits per heavy atom. The Kier molecular flexibility index (Phi) is 6.07. The van der Waals surface area contributed by atoms with Crippen molar-refractivity contribution < 1.29 is 14.7 Å². The highest BCUT2D eigenvalue weighted by Gasteiger charge is 2.22. The van der Waals surface area contributed by atoms with Gasteiger partial charge in [-0.1, -0.05) is 13.8 Å². The zero-order chi connectivity index (χ0) is 15.1. The second-order valence-electron chi connectivity index (χ2n) is 4.55. The fourth-order valence-corrected chi connectivity index (χ4v) is 2.47. The van der Waals surface area contributed by atoms with Crippen LogP contribution in [0.5, 0.6) is 0 Å². The van der Waals surface area contributed by atoms with Crippen LogP contribution in [-0.2, 0) is 9.59 Å². The van der Waals surface area contributed by atoms with E-state index in [0.717, 1.165) is 11.8 Å². The molecule has 1 amide bonds. The van der Waals surface area contributed by atoms with Crippen molar-refractivity contribution >= 4 is 29.3 Å². The van der Waals surface area contributed by atoms with E-state index in [4.69, 9.17) is 10.4 Å². The Morgan fingerprint density at radius 2 is 1.95 bits per heavy atom. The number of rotatable bonds is 6. The van der Waals surface area contributed by atoms with E-state index in [2.05, 4.69) is 5.32 Å². The van der Waals surface area contributed by atoms with Crippen LogP contribution in [-0.4, -0.2) is 28.0 Å². The summed E-state index contributed by atoms with van der Waals surface area (Å²) in [6.45, 7) is 3.62. The van der Waals surface area contributed by atoms with Gasteiger partial charge in [-0.2, -0.15) is 5.26 Å². The van der Waals surface area contributed by atoms with Crippen LogP contribution in [0.3, 0.4) is 0 Å². The van der Waals surface area contributed by atoms with Crippen molar-refractivity contribution in [3.63, 3.8) is 0 Å². The number of nitrogens with one attached hydrogen (secondary N) is 1. The number of nitrogens with zero attached hydrogens (tertiary/aromatic N) is 1. The van der Waals surface area contributed by atoms with Crippen LogP contribution in [0.25, 0.3) is 0 Å². The summed E-state index contributed by atoms with van der Waals surface area (Å²) in [6, 6.07) is 8.48. The van der Waals surface area contributed by atoms with Crippen LogP contribution in [0.15, 0.2) is 24.3 Å². The lowest BCUT2D eigenvalue weighted by atomic mass is 10.1. The molecule has 0 spiro atoms. The lowest BCUT2D eigenvalue weighted by Gasteiger charge is -2.15. The minimum Gasteiger partial charge on any atom is -0.480 e. The lowest BCUT2D eigenvalue weighted by molar-refractivity contribution is -0.137. The van der Waals surface area contributed by atoms with E-state index in [1.165, 1.54) is 0 Å². The number of hydrogen-bond donors (Lipinski definition) is 2. The van der Waals surface area contributed by atoms with Crippen LogP contribution in [0.1, 0.15) is 19.4 Å². The molecule has 5 nitrogen and oxygen atoms in total. The summed E-state index contributed by atoms with van der Waals surface area (Å²) >= 11 is 1.11. The molecule has 6 heteroatoms. The second kappa shape index (κ2) is 7.56. The molecule has 2 N–H and O–H groups in total. The Bertz CT molecular complexity index is 520. The zero-order valence-electron chi connectivity index (χ0n) is 11.3. The highest BCUT2D eigenvalue weighted by Crippen LogP contribution is 2.20. The third kappa shape index (κ3) is 4.94. The van der Waals surface area contributed by atoms with Crippen molar-refractivity contribution in [3.05, 3.63) is 29.8 Å². The molecule has 0 fully saturated rings. The number of benzene rings is 1. The molecule has 1 aromatic rings. The van der Waals surface area contributed by atoms with Crippen molar-refractivity contribution in [2.75, 3.05) is 11.1 Å². The predicted octanol–water partition coefficient (Wildman–Crippen LogP) is 2.34. The van der Waals surface area contributed by atoms with Crippen LogP contribution in [0.4, 0.5) is 5.69 Å². The number of carboxylic acids is 1. The normalized spacial score (nSPS) is 11.7. The number of thioether (sulfide) groups is 1. The molecular weight excluding hydrogens is 276 g/mol. The van der Waals surface area contributed by atoms with Gasteiger partial charge in [-0.25, -0.2) is 0 Å². The van der Waals surface area contributed by atoms with E-state index in [-0.39, 0.29) is 17.6 Å². The van der Waals surface area contributed by atoms with Gasteiger partial charge in [0.2, 0.25) is 5.91 Å². The van der Waals surface area contributed by atoms with Crippen LogP contribution in [0.2, 0.25) is 0 Å². The first kappa shape index (κ1) is 16.1. The predicted molar refractivity (Wildman–Crippen MR) is 78.5 cm³/mol. The first-order valence-corrected chi connectivity index (χ1v) is 7.13. The molecule has 0 aliphatic carbocycles. The van der Waals surface area contributed by atoms with Gasteiger partial charge in [-0.3, -0.25) is 9.59 Å². The van der Waals surface area contributed by atoms with Crippen molar-refractivity contribution in [2.24, 2.45) is 5.92 Å². The second-order valence-corrected chi connectivity index (χ2v) is 5.68. The molecule has 1 atom stereocenters. The number of amides is 1. The zero-order valence-corrected chi connectivity index (χ0v) is 12.1. The van der Waals surface area contributed by atoms with Gasteiger partial charge in [0.25, 0.3) is 0 Å². The molecule has 1 aromatic carbocycles. The van der Waals surface area contributed by atoms with Crippen LogP contribution in [0, 0.1) is 17.2 Å². The Hall–Kier alpha value is -2.00. The minimum absolute atomic E-state index is 0.0415. The molecule has 0 radical (unpaired) electrons. The van der Waals surface area contributed by atoms with Gasteiger partial charge >= 0.3 is 5.97 Å². The summed E-state index contributed by atoms with van der Waals surface area (Å²) in [6.07, 6.45) is 0. The van der Waals surface area contributed by atoms with Gasteiger partial charge < -0.3 is 10.4 Å². The van der Waals surface area contributed by atoms with Crippen LogP contribution >= 0.6 is 11.8 Å². The quantitative estimate of drug-likeness (QED) is 0.840. The average Bonchev–Trinajstić information content (AvgIpc) is 2.39. The lowest BCUT2D eigenvalue weighted by Crippen LogP contribution is -2.25. The van der Waals surface area contributed by atoms with E-state index >= 15 is 0 Å². The Morgan fingerprint density at radius 1 is 1.35 bits per heavy atom. The first-order chi connectivity index (χ1) is 9.43. The van der Waals surface area contributed by atoms with Crippen molar-refractivity contribution in [1.29, 1.82) is 5.26 Å². The third-order valence-corrected chi connectivity index (χ3v) is 4.07. The maximum atomic E-state index is 11.7. The highest BCUT2D eigenvalue weighted by atomic mass is 32.2. The topological polar surface area (TPSA) is 90.2 Å². The third-order valence-electron chi connectivity index (χ3n) is 2.54. The fraction of sp³-hybridized carbons (Fsp3) is 0.357. The summed E-state index contributed by atoms with van der Waals surface area (Å²) in [4.78, 5) is 22.7. The van der Waals surface area contributed by atoms with E-state index < -0.39 is 11.2 Å². The first-order valence-electron chi connectivity index (χ1n) is 6.08. The van der Waals surface area contributed by atoms with E-state index in [9.17, 15) is 9.59 Å². The number of hydrogen-bond acceptors (Lipinski definition) is 4. The largest absolute Gasteiger partial charge is 0.480 e. The van der Waals surface area contributed by atoms with Gasteiger partial charge in [0, 0.05) is 5.69 Å². The molecule has 0 aliphatic rings. The molecule has 106 valence electrons. The van der Waals surface area contributed by atoms with Crippen LogP contribution < -0.4 is 5.32 Å². The average molecular weight is 292 g/mol. The van der Waals surface area contributed by atoms with Crippen molar-refractivity contribution in [3.8, 4) is 6.07 Å². The Balaban J connectivity index is 2.51. The smallest absolute Gasteiger partial charge is 0.316 e. The standard InChI is InChI=1S/C14H16N2O3S/c1-9(2)13(14(18)19)20-8-12(17)16-11-5-3-10(7-15)4-6-11/h3-6,9,13H,8H2,1-2H3,(H,16,17)(H,18,19). The molecule has 0 aromatic heterocycles. The van der Waals surface area contributed by atoms with Gasteiger partial charge in [-0.15, -0.1) is 11.8 Å². The summed E-state index contributed by atoms with van der Waals surface area (Å²) in [7, 11) is 0. The van der Waals surface area contributed by atoms with Gasteiger partial charge in [0.1, 0.15) is 5.25 Å². The molecule has 0 heterocycles.